The third-order valence-electron chi connectivity index (χ3n) is 3.25. The highest BCUT2D eigenvalue weighted by Gasteiger charge is 2.23. The highest BCUT2D eigenvalue weighted by molar-refractivity contribution is 6.10. The van der Waals surface area contributed by atoms with Gasteiger partial charge in [-0.2, -0.15) is 15.3 Å². The molecule has 0 aliphatic heterocycles. The van der Waals surface area contributed by atoms with Crippen LogP contribution in [0.25, 0.3) is 0 Å². The smallest absolute Gasteiger partial charge is 0.216 e. The molecule has 0 radical (unpaired) electrons. The average Bonchev–Trinajstić information content (AvgIpc) is 2.89. The molecule has 2 rings (SSSR count). The molecule has 0 aliphatic carbocycles. The van der Waals surface area contributed by atoms with Crippen molar-refractivity contribution in [3.63, 3.8) is 0 Å². The number of hydrogen-bond donors (Lipinski definition) is 0. The molecule has 2 heterocycles. The Kier molecular flexibility index (Phi) is 4.67. The van der Waals surface area contributed by atoms with Crippen molar-refractivity contribution in [2.24, 2.45) is 0 Å². The van der Waals surface area contributed by atoms with Gasteiger partial charge in [0.05, 0.1) is 24.7 Å². The van der Waals surface area contributed by atoms with Gasteiger partial charge in [-0.3, -0.25) is 9.48 Å². The molecule has 0 fully saturated rings. The Hall–Kier alpha value is -2.24. The predicted octanol–water partition coefficient (Wildman–Crippen LogP) is 2.19. The van der Waals surface area contributed by atoms with E-state index in [1.54, 1.807) is 24.1 Å². The van der Waals surface area contributed by atoms with Gasteiger partial charge in [-0.1, -0.05) is 13.8 Å². The molecule has 0 amide bonds. The lowest BCUT2D eigenvalue weighted by molar-refractivity contribution is 0.102. The van der Waals surface area contributed by atoms with Crippen LogP contribution < -0.4 is 4.74 Å². The van der Waals surface area contributed by atoms with E-state index in [9.17, 15) is 4.79 Å². The van der Waals surface area contributed by atoms with Gasteiger partial charge >= 0.3 is 0 Å². The van der Waals surface area contributed by atoms with E-state index < -0.39 is 0 Å². The Bertz CT molecular complexity index is 649. The van der Waals surface area contributed by atoms with Crippen molar-refractivity contribution in [1.29, 1.82) is 0 Å². The summed E-state index contributed by atoms with van der Waals surface area (Å²) in [5.41, 5.74) is 2.45. The van der Waals surface area contributed by atoms with E-state index in [4.69, 9.17) is 4.74 Å². The van der Waals surface area contributed by atoms with Crippen molar-refractivity contribution in [2.75, 3.05) is 7.11 Å². The zero-order chi connectivity index (χ0) is 15.4. The summed E-state index contributed by atoms with van der Waals surface area (Å²) in [6.07, 6.45) is 3.12. The van der Waals surface area contributed by atoms with Crippen LogP contribution in [0.2, 0.25) is 0 Å². The van der Waals surface area contributed by atoms with Crippen LogP contribution in [0, 0.1) is 6.92 Å². The van der Waals surface area contributed by atoms with Gasteiger partial charge in [0.1, 0.15) is 0 Å². The third-order valence-corrected chi connectivity index (χ3v) is 3.25. The second-order valence-corrected chi connectivity index (χ2v) is 4.81. The molecular formula is C15H20N4O2. The number of ether oxygens (including phenoxy) is 1. The number of rotatable bonds is 6. The Morgan fingerprint density at radius 2 is 2.10 bits per heavy atom. The van der Waals surface area contributed by atoms with E-state index in [1.165, 1.54) is 0 Å². The van der Waals surface area contributed by atoms with E-state index in [0.717, 1.165) is 12.1 Å². The number of methoxy groups -OCH3 is 1. The standard InChI is InChI=1S/C15H20N4O2/c1-5-7-19-14(13(21-4)9-16-19)15(20)11-8-10(3)17-18-12(11)6-2/h8-9H,5-7H2,1-4H3. The number of hydrogen-bond acceptors (Lipinski definition) is 5. The summed E-state index contributed by atoms with van der Waals surface area (Å²) in [6.45, 7) is 6.49. The van der Waals surface area contributed by atoms with Gasteiger partial charge in [-0.15, -0.1) is 0 Å². The highest BCUT2D eigenvalue weighted by atomic mass is 16.5. The van der Waals surface area contributed by atoms with Crippen LogP contribution in [0.4, 0.5) is 0 Å². The molecule has 0 N–H and O–H groups in total. The molecule has 6 nitrogen and oxygen atoms in total. The van der Waals surface area contributed by atoms with Crippen LogP contribution in [0.3, 0.4) is 0 Å². The zero-order valence-corrected chi connectivity index (χ0v) is 12.9. The first-order chi connectivity index (χ1) is 10.1. The van der Waals surface area contributed by atoms with Crippen molar-refractivity contribution in [1.82, 2.24) is 20.0 Å². The lowest BCUT2D eigenvalue weighted by Gasteiger charge is -2.10. The van der Waals surface area contributed by atoms with Crippen LogP contribution in [0.5, 0.6) is 5.75 Å². The van der Waals surface area contributed by atoms with Crippen molar-refractivity contribution in [3.8, 4) is 5.75 Å². The predicted molar refractivity (Wildman–Crippen MR) is 78.6 cm³/mol. The van der Waals surface area contributed by atoms with Crippen LogP contribution in [0.1, 0.15) is 47.7 Å². The van der Waals surface area contributed by atoms with E-state index >= 15 is 0 Å². The summed E-state index contributed by atoms with van der Waals surface area (Å²) < 4.78 is 6.97. The van der Waals surface area contributed by atoms with Crippen LogP contribution in [-0.2, 0) is 13.0 Å². The summed E-state index contributed by atoms with van der Waals surface area (Å²) >= 11 is 0. The van der Waals surface area contributed by atoms with Gasteiger partial charge < -0.3 is 4.74 Å². The van der Waals surface area contributed by atoms with Gasteiger partial charge in [0, 0.05) is 12.1 Å². The maximum Gasteiger partial charge on any atom is 0.216 e. The molecule has 21 heavy (non-hydrogen) atoms. The quantitative estimate of drug-likeness (QED) is 0.762. The number of carbonyl (C=O) groups is 1. The van der Waals surface area contributed by atoms with Crippen molar-refractivity contribution < 1.29 is 9.53 Å². The van der Waals surface area contributed by atoms with Crippen molar-refractivity contribution in [2.45, 2.75) is 40.2 Å². The van der Waals surface area contributed by atoms with E-state index in [-0.39, 0.29) is 5.78 Å². The van der Waals surface area contributed by atoms with Crippen LogP contribution in [-0.4, -0.2) is 32.9 Å². The number of ketones is 1. The van der Waals surface area contributed by atoms with Gasteiger partial charge in [0.25, 0.3) is 0 Å². The lowest BCUT2D eigenvalue weighted by Crippen LogP contribution is -2.15. The first kappa shape index (κ1) is 15.2. The fraction of sp³-hybridized carbons (Fsp3) is 0.467. The molecule has 2 aromatic rings. The number of nitrogens with zero attached hydrogens (tertiary/aromatic N) is 4. The summed E-state index contributed by atoms with van der Waals surface area (Å²) in [5, 5.41) is 12.4. The highest BCUT2D eigenvalue weighted by Crippen LogP contribution is 2.23. The van der Waals surface area contributed by atoms with Crippen molar-refractivity contribution in [3.05, 3.63) is 34.9 Å². The van der Waals surface area contributed by atoms with Crippen LogP contribution in [0.15, 0.2) is 12.3 Å². The SMILES string of the molecule is CCCn1ncc(OC)c1C(=O)c1cc(C)nnc1CC. The molecule has 112 valence electrons. The van der Waals surface area contributed by atoms with Gasteiger partial charge in [-0.25, -0.2) is 0 Å². The number of aromatic nitrogens is 4. The molecule has 0 spiro atoms. The van der Waals surface area contributed by atoms with Crippen LogP contribution >= 0.6 is 0 Å². The Balaban J connectivity index is 2.54. The molecule has 0 saturated carbocycles. The first-order valence-electron chi connectivity index (χ1n) is 7.10. The average molecular weight is 288 g/mol. The molecule has 6 heteroatoms. The van der Waals surface area contributed by atoms with E-state index in [2.05, 4.69) is 15.3 Å². The molecule has 0 aliphatic rings. The zero-order valence-electron chi connectivity index (χ0n) is 12.9. The number of carbonyl (C=O) groups excluding carboxylic acids is 1. The minimum absolute atomic E-state index is 0.118. The summed E-state index contributed by atoms with van der Waals surface area (Å²) in [4.78, 5) is 12.9. The van der Waals surface area contributed by atoms with Crippen molar-refractivity contribution >= 4 is 5.78 Å². The monoisotopic (exact) mass is 288 g/mol. The summed E-state index contributed by atoms with van der Waals surface area (Å²) in [6, 6.07) is 1.77. The maximum atomic E-state index is 12.9. The minimum Gasteiger partial charge on any atom is -0.493 e. The first-order valence-corrected chi connectivity index (χ1v) is 7.10. The van der Waals surface area contributed by atoms with E-state index in [0.29, 0.717) is 35.7 Å². The Labute approximate surface area is 124 Å². The van der Waals surface area contributed by atoms with E-state index in [1.807, 2.05) is 20.8 Å². The second kappa shape index (κ2) is 6.47. The number of aryl methyl sites for hydroxylation is 3. The summed E-state index contributed by atoms with van der Waals surface area (Å²) in [5.74, 6) is 0.373. The largest absolute Gasteiger partial charge is 0.493 e. The Morgan fingerprint density at radius 1 is 1.33 bits per heavy atom. The molecule has 0 aromatic carbocycles. The molecular weight excluding hydrogens is 268 g/mol. The fourth-order valence-electron chi connectivity index (χ4n) is 2.23. The molecule has 0 unspecified atom stereocenters. The lowest BCUT2D eigenvalue weighted by atomic mass is 10.0. The van der Waals surface area contributed by atoms with Gasteiger partial charge in [0.2, 0.25) is 5.78 Å². The van der Waals surface area contributed by atoms with Gasteiger partial charge in [0.15, 0.2) is 11.4 Å². The molecule has 2 aromatic heterocycles. The fourth-order valence-corrected chi connectivity index (χ4v) is 2.23. The topological polar surface area (TPSA) is 69.9 Å². The minimum atomic E-state index is -0.118. The second-order valence-electron chi connectivity index (χ2n) is 4.81. The Morgan fingerprint density at radius 3 is 2.71 bits per heavy atom. The summed E-state index contributed by atoms with van der Waals surface area (Å²) in [7, 11) is 1.54. The molecule has 0 bridgehead atoms. The molecule has 0 atom stereocenters. The normalized spacial score (nSPS) is 10.7. The maximum absolute atomic E-state index is 12.9. The third kappa shape index (κ3) is 2.94. The van der Waals surface area contributed by atoms with Gasteiger partial charge in [-0.05, 0) is 25.8 Å². The molecule has 0 saturated heterocycles.